The molecule has 0 aromatic heterocycles. The number of rotatable bonds is 6. The van der Waals surface area contributed by atoms with Gasteiger partial charge < -0.3 is 9.84 Å². The van der Waals surface area contributed by atoms with Gasteiger partial charge in [0.25, 0.3) is 0 Å². The third kappa shape index (κ3) is 6.43. The van der Waals surface area contributed by atoms with E-state index in [2.05, 4.69) is 9.46 Å². The molecule has 0 aliphatic rings. The summed E-state index contributed by atoms with van der Waals surface area (Å²) in [7, 11) is -2.37. The number of aliphatic hydroxyl groups excluding tert-OH is 1. The van der Waals surface area contributed by atoms with Crippen LogP contribution in [0.3, 0.4) is 0 Å². The van der Waals surface area contributed by atoms with Crippen molar-refractivity contribution in [3.8, 4) is 0 Å². The van der Waals surface area contributed by atoms with E-state index in [0.717, 1.165) is 0 Å². The average molecular weight is 239 g/mol. The fourth-order valence-corrected chi connectivity index (χ4v) is 2.27. The van der Waals surface area contributed by atoms with Crippen LogP contribution in [0.15, 0.2) is 0 Å². The molecule has 15 heavy (non-hydrogen) atoms. The minimum Gasteiger partial charge on any atom is -0.469 e. The number of esters is 1. The van der Waals surface area contributed by atoms with E-state index in [-0.39, 0.29) is 18.8 Å². The van der Waals surface area contributed by atoms with Crippen molar-refractivity contribution in [2.45, 2.75) is 25.8 Å². The third-order valence-electron chi connectivity index (χ3n) is 1.63. The first-order valence-electron chi connectivity index (χ1n) is 4.42. The zero-order chi connectivity index (χ0) is 12.1. The summed E-state index contributed by atoms with van der Waals surface area (Å²) in [5.74, 6) is -0.925. The molecule has 7 heteroatoms. The topological polar surface area (TPSA) is 92.7 Å². The molecule has 0 fully saturated rings. The molecule has 0 aromatic carbocycles. The minimum absolute atomic E-state index is 0.201. The first-order valence-corrected chi connectivity index (χ1v) is 6.07. The standard InChI is InChI=1S/C8H17NO5S/c1-8(2,6-10)9-15(12,13)5-4-7(11)14-3/h9-10H,4-6H2,1-3H3. The van der Waals surface area contributed by atoms with Crippen LogP contribution in [0.2, 0.25) is 0 Å². The lowest BCUT2D eigenvalue weighted by Gasteiger charge is -2.22. The second-order valence-corrected chi connectivity index (χ2v) is 5.63. The first-order chi connectivity index (χ1) is 6.72. The maximum Gasteiger partial charge on any atom is 0.306 e. The molecule has 0 aliphatic carbocycles. The Morgan fingerprint density at radius 3 is 2.40 bits per heavy atom. The highest BCUT2D eigenvalue weighted by Gasteiger charge is 2.24. The van der Waals surface area contributed by atoms with Gasteiger partial charge in [0.2, 0.25) is 10.0 Å². The summed E-state index contributed by atoms with van der Waals surface area (Å²) in [4.78, 5) is 10.7. The van der Waals surface area contributed by atoms with Crippen molar-refractivity contribution in [2.24, 2.45) is 0 Å². The molecule has 0 heterocycles. The SMILES string of the molecule is COC(=O)CCS(=O)(=O)NC(C)(C)CO. The van der Waals surface area contributed by atoms with E-state index in [4.69, 9.17) is 5.11 Å². The van der Waals surface area contributed by atoms with Gasteiger partial charge >= 0.3 is 5.97 Å². The van der Waals surface area contributed by atoms with Gasteiger partial charge in [0.15, 0.2) is 0 Å². The summed E-state index contributed by atoms with van der Waals surface area (Å²) in [5.41, 5.74) is -0.922. The summed E-state index contributed by atoms with van der Waals surface area (Å²) in [6.07, 6.45) is -0.201. The lowest BCUT2D eigenvalue weighted by Crippen LogP contribution is -2.47. The quantitative estimate of drug-likeness (QED) is 0.594. The fraction of sp³-hybridized carbons (Fsp3) is 0.875. The Morgan fingerprint density at radius 1 is 1.47 bits per heavy atom. The summed E-state index contributed by atoms with van der Waals surface area (Å²) in [6.45, 7) is 2.77. The van der Waals surface area contributed by atoms with E-state index in [1.165, 1.54) is 7.11 Å². The lowest BCUT2D eigenvalue weighted by atomic mass is 10.1. The number of aliphatic hydroxyl groups is 1. The number of nitrogens with one attached hydrogen (secondary N) is 1. The van der Waals surface area contributed by atoms with Crippen molar-refractivity contribution in [2.75, 3.05) is 19.5 Å². The Kier molecular flexibility index (Phi) is 5.19. The summed E-state index contributed by atoms with van der Waals surface area (Å²) in [6, 6.07) is 0. The predicted molar refractivity (Wildman–Crippen MR) is 54.7 cm³/mol. The number of hydrogen-bond donors (Lipinski definition) is 2. The number of hydrogen-bond acceptors (Lipinski definition) is 5. The lowest BCUT2D eigenvalue weighted by molar-refractivity contribution is -0.140. The third-order valence-corrected chi connectivity index (χ3v) is 3.23. The molecule has 0 bridgehead atoms. The van der Waals surface area contributed by atoms with Gasteiger partial charge in [-0.2, -0.15) is 0 Å². The maximum atomic E-state index is 11.4. The molecule has 0 radical (unpaired) electrons. The number of carbonyl (C=O) groups excluding carboxylic acids is 1. The number of carbonyl (C=O) groups is 1. The minimum atomic E-state index is -3.57. The van der Waals surface area contributed by atoms with Gasteiger partial charge in [0, 0.05) is 0 Å². The van der Waals surface area contributed by atoms with Crippen LogP contribution in [0.4, 0.5) is 0 Å². The molecule has 6 nitrogen and oxygen atoms in total. The average Bonchev–Trinajstić information content (AvgIpc) is 2.13. The Balaban J connectivity index is 4.27. The van der Waals surface area contributed by atoms with Crippen LogP contribution in [0.5, 0.6) is 0 Å². The van der Waals surface area contributed by atoms with E-state index < -0.39 is 21.5 Å². The monoisotopic (exact) mass is 239 g/mol. The van der Waals surface area contributed by atoms with Gasteiger partial charge in [-0.3, -0.25) is 4.79 Å². The van der Waals surface area contributed by atoms with Gasteiger partial charge in [-0.15, -0.1) is 0 Å². The molecule has 0 saturated carbocycles. The molecule has 0 aliphatic heterocycles. The summed E-state index contributed by atoms with van der Waals surface area (Å²) >= 11 is 0. The zero-order valence-electron chi connectivity index (χ0n) is 9.11. The van der Waals surface area contributed by atoms with Gasteiger partial charge in [0.1, 0.15) is 0 Å². The fourth-order valence-electron chi connectivity index (χ4n) is 0.824. The molecule has 0 amide bonds. The molecule has 90 valence electrons. The van der Waals surface area contributed by atoms with Gasteiger partial charge in [0.05, 0.1) is 31.4 Å². The van der Waals surface area contributed by atoms with Crippen LogP contribution >= 0.6 is 0 Å². The van der Waals surface area contributed by atoms with Crippen LogP contribution in [0.25, 0.3) is 0 Å². The van der Waals surface area contributed by atoms with Crippen molar-refractivity contribution >= 4 is 16.0 Å². The Hall–Kier alpha value is -0.660. The molecule has 0 spiro atoms. The Morgan fingerprint density at radius 2 is 2.00 bits per heavy atom. The van der Waals surface area contributed by atoms with Crippen molar-refractivity contribution in [1.82, 2.24) is 4.72 Å². The van der Waals surface area contributed by atoms with Crippen molar-refractivity contribution in [1.29, 1.82) is 0 Å². The molecule has 0 atom stereocenters. The first kappa shape index (κ1) is 14.3. The Labute approximate surface area is 89.7 Å². The van der Waals surface area contributed by atoms with E-state index in [1.807, 2.05) is 0 Å². The highest BCUT2D eigenvalue weighted by atomic mass is 32.2. The van der Waals surface area contributed by atoms with Crippen LogP contribution in [0, 0.1) is 0 Å². The summed E-state index contributed by atoms with van der Waals surface area (Å²) in [5, 5.41) is 8.86. The molecular formula is C8H17NO5S. The van der Waals surface area contributed by atoms with E-state index in [9.17, 15) is 13.2 Å². The van der Waals surface area contributed by atoms with Crippen LogP contribution in [-0.2, 0) is 19.6 Å². The van der Waals surface area contributed by atoms with E-state index in [0.29, 0.717) is 0 Å². The van der Waals surface area contributed by atoms with Crippen molar-refractivity contribution in [3.05, 3.63) is 0 Å². The van der Waals surface area contributed by atoms with Gasteiger partial charge in [-0.1, -0.05) is 0 Å². The number of methoxy groups -OCH3 is 1. The number of sulfonamides is 1. The second-order valence-electron chi connectivity index (χ2n) is 3.79. The van der Waals surface area contributed by atoms with Crippen LogP contribution in [0.1, 0.15) is 20.3 Å². The highest BCUT2D eigenvalue weighted by molar-refractivity contribution is 7.89. The van der Waals surface area contributed by atoms with Crippen molar-refractivity contribution < 1.29 is 23.1 Å². The smallest absolute Gasteiger partial charge is 0.306 e. The van der Waals surface area contributed by atoms with Crippen LogP contribution in [-0.4, -0.2) is 44.5 Å². The Bertz CT molecular complexity index is 309. The molecule has 0 aromatic rings. The van der Waals surface area contributed by atoms with Crippen LogP contribution < -0.4 is 4.72 Å². The summed E-state index contributed by atoms with van der Waals surface area (Å²) < 4.78 is 29.4. The normalized spacial score (nSPS) is 12.5. The van der Waals surface area contributed by atoms with Gasteiger partial charge in [-0.25, -0.2) is 13.1 Å². The molecule has 0 unspecified atom stereocenters. The largest absolute Gasteiger partial charge is 0.469 e. The molecule has 2 N–H and O–H groups in total. The number of ether oxygens (including phenoxy) is 1. The van der Waals surface area contributed by atoms with Gasteiger partial charge in [-0.05, 0) is 13.8 Å². The molecule has 0 rings (SSSR count). The highest BCUT2D eigenvalue weighted by Crippen LogP contribution is 2.04. The predicted octanol–water partition coefficient (Wildman–Crippen LogP) is -0.760. The molecular weight excluding hydrogens is 222 g/mol. The van der Waals surface area contributed by atoms with E-state index >= 15 is 0 Å². The van der Waals surface area contributed by atoms with Crippen molar-refractivity contribution in [3.63, 3.8) is 0 Å². The maximum absolute atomic E-state index is 11.4. The van der Waals surface area contributed by atoms with E-state index in [1.54, 1.807) is 13.8 Å². The zero-order valence-corrected chi connectivity index (χ0v) is 9.93. The second kappa shape index (κ2) is 5.43. The molecule has 0 saturated heterocycles.